The highest BCUT2D eigenvalue weighted by Crippen LogP contribution is 2.01. The van der Waals surface area contributed by atoms with Crippen LogP contribution in [0.15, 0.2) is 16.6 Å². The Morgan fingerprint density at radius 3 is 2.27 bits per heavy atom. The van der Waals surface area contributed by atoms with Crippen LogP contribution >= 0.6 is 0 Å². The number of hydrogen-bond acceptors (Lipinski definition) is 1. The van der Waals surface area contributed by atoms with E-state index in [0.717, 1.165) is 6.42 Å². The number of hydrogen-bond donors (Lipinski definition) is 0. The van der Waals surface area contributed by atoms with E-state index in [-0.39, 0.29) is 6.04 Å². The van der Waals surface area contributed by atoms with Crippen LogP contribution in [0.3, 0.4) is 0 Å². The van der Waals surface area contributed by atoms with Crippen LogP contribution in [0, 0.1) is 0 Å². The predicted molar refractivity (Wildman–Crippen MR) is 54.4 cm³/mol. The summed E-state index contributed by atoms with van der Waals surface area (Å²) in [5, 5.41) is 0. The van der Waals surface area contributed by atoms with Gasteiger partial charge in [0.2, 0.25) is 0 Å². The van der Waals surface area contributed by atoms with Crippen molar-refractivity contribution < 1.29 is 0 Å². The van der Waals surface area contributed by atoms with Gasteiger partial charge in [0.1, 0.15) is 0 Å². The summed E-state index contributed by atoms with van der Waals surface area (Å²) < 4.78 is 0. The van der Waals surface area contributed by atoms with Crippen molar-refractivity contribution in [3.05, 3.63) is 11.6 Å². The van der Waals surface area contributed by atoms with Crippen molar-refractivity contribution in [2.45, 2.75) is 47.1 Å². The normalized spacial score (nSPS) is 13.0. The molecule has 1 heteroatoms. The van der Waals surface area contributed by atoms with Gasteiger partial charge in [-0.1, -0.05) is 32.4 Å². The second-order valence-corrected chi connectivity index (χ2v) is 2.29. The molecule has 1 atom stereocenters. The maximum Gasteiger partial charge on any atom is 0.0647 e. The topological polar surface area (TPSA) is 12.4 Å². The van der Waals surface area contributed by atoms with Gasteiger partial charge < -0.3 is 0 Å². The summed E-state index contributed by atoms with van der Waals surface area (Å²) in [7, 11) is 0. The predicted octanol–water partition coefficient (Wildman–Crippen LogP) is 3.46. The molecule has 66 valence electrons. The van der Waals surface area contributed by atoms with Crippen molar-refractivity contribution in [3.8, 4) is 0 Å². The van der Waals surface area contributed by atoms with Crippen molar-refractivity contribution in [2.75, 3.05) is 0 Å². The van der Waals surface area contributed by atoms with Crippen LogP contribution in [0.2, 0.25) is 0 Å². The van der Waals surface area contributed by atoms with Gasteiger partial charge in [-0.3, -0.25) is 4.99 Å². The molecule has 0 saturated heterocycles. The third-order valence-electron chi connectivity index (χ3n) is 1.37. The minimum Gasteiger partial charge on any atom is -0.294 e. The lowest BCUT2D eigenvalue weighted by atomic mass is 10.2. The molecule has 0 aliphatic carbocycles. The molecule has 0 aliphatic rings. The van der Waals surface area contributed by atoms with Crippen LogP contribution in [0.1, 0.15) is 41.0 Å². The lowest BCUT2D eigenvalue weighted by Gasteiger charge is -1.98. The van der Waals surface area contributed by atoms with Crippen molar-refractivity contribution >= 4 is 6.72 Å². The van der Waals surface area contributed by atoms with Gasteiger partial charge in [0.15, 0.2) is 0 Å². The van der Waals surface area contributed by atoms with Gasteiger partial charge in [-0.05, 0) is 27.0 Å². The molecular weight excluding hydrogens is 134 g/mol. The van der Waals surface area contributed by atoms with Crippen LogP contribution in [-0.2, 0) is 0 Å². The van der Waals surface area contributed by atoms with E-state index in [1.807, 2.05) is 20.8 Å². The maximum absolute atomic E-state index is 3.85. The van der Waals surface area contributed by atoms with Crippen LogP contribution in [0.5, 0.6) is 0 Å². The van der Waals surface area contributed by atoms with Crippen LogP contribution in [0.4, 0.5) is 0 Å². The molecule has 1 nitrogen and oxygen atoms in total. The fraction of sp³-hybridized carbons (Fsp3) is 0.700. The molecule has 0 fully saturated rings. The van der Waals surface area contributed by atoms with Crippen molar-refractivity contribution in [3.63, 3.8) is 0 Å². The smallest absolute Gasteiger partial charge is 0.0647 e. The average Bonchev–Trinajstić information content (AvgIpc) is 2.07. The van der Waals surface area contributed by atoms with Crippen molar-refractivity contribution in [1.29, 1.82) is 0 Å². The zero-order valence-corrected chi connectivity index (χ0v) is 8.52. The lowest BCUT2D eigenvalue weighted by Crippen LogP contribution is -1.91. The van der Waals surface area contributed by atoms with Crippen LogP contribution < -0.4 is 0 Å². The van der Waals surface area contributed by atoms with Crippen LogP contribution in [0.25, 0.3) is 0 Å². The highest BCUT2D eigenvalue weighted by atomic mass is 14.7. The Hall–Kier alpha value is -0.590. The lowest BCUT2D eigenvalue weighted by molar-refractivity contribution is 0.909. The summed E-state index contributed by atoms with van der Waals surface area (Å²) in [5.74, 6) is 0. The van der Waals surface area contributed by atoms with E-state index < -0.39 is 0 Å². The average molecular weight is 155 g/mol. The van der Waals surface area contributed by atoms with Gasteiger partial charge in [-0.25, -0.2) is 0 Å². The Morgan fingerprint density at radius 1 is 1.55 bits per heavy atom. The fourth-order valence-electron chi connectivity index (χ4n) is 0.582. The summed E-state index contributed by atoms with van der Waals surface area (Å²) in [6.07, 6.45) is 3.24. The summed E-state index contributed by atoms with van der Waals surface area (Å²) in [6.45, 7) is 13.7. The Bertz CT molecular complexity index is 114. The minimum atomic E-state index is 0.282. The third kappa shape index (κ3) is 9.41. The minimum absolute atomic E-state index is 0.282. The second kappa shape index (κ2) is 9.41. The number of nitrogens with zero attached hydrogens (tertiary/aromatic N) is 1. The molecule has 0 N–H and O–H groups in total. The first-order chi connectivity index (χ1) is 5.20. The zero-order valence-electron chi connectivity index (χ0n) is 8.52. The van der Waals surface area contributed by atoms with E-state index in [1.165, 1.54) is 5.57 Å². The van der Waals surface area contributed by atoms with E-state index >= 15 is 0 Å². The molecule has 0 aromatic rings. The second-order valence-electron chi connectivity index (χ2n) is 2.29. The highest BCUT2D eigenvalue weighted by Gasteiger charge is 1.89. The molecule has 0 rings (SSSR count). The Labute approximate surface area is 71.2 Å². The summed E-state index contributed by atoms with van der Waals surface area (Å²) in [4.78, 5) is 3.85. The summed E-state index contributed by atoms with van der Waals surface area (Å²) >= 11 is 0. The molecule has 0 saturated carbocycles. The molecular formula is C10H21N. The first-order valence-corrected chi connectivity index (χ1v) is 4.33. The first-order valence-electron chi connectivity index (χ1n) is 4.33. The number of rotatable bonds is 3. The van der Waals surface area contributed by atoms with Gasteiger partial charge in [0.05, 0.1) is 6.04 Å². The van der Waals surface area contributed by atoms with E-state index in [1.54, 1.807) is 0 Å². The Balaban J connectivity index is 0. The standard InChI is InChI=1S/C8H15N.C2H6/c1-5-7(2)6-8(3)9-4;1-2/h6,8H,4-5H2,1-3H3;1-2H3/b7-6+;. The molecule has 11 heavy (non-hydrogen) atoms. The fourth-order valence-corrected chi connectivity index (χ4v) is 0.582. The Morgan fingerprint density at radius 2 is 2.00 bits per heavy atom. The number of allylic oxidation sites excluding steroid dienone is 1. The molecule has 0 aliphatic heterocycles. The molecule has 0 bridgehead atoms. The number of aliphatic imine (C=N–C) groups is 1. The van der Waals surface area contributed by atoms with Gasteiger partial charge in [-0.15, -0.1) is 0 Å². The molecule has 1 unspecified atom stereocenters. The van der Waals surface area contributed by atoms with E-state index in [9.17, 15) is 0 Å². The van der Waals surface area contributed by atoms with Gasteiger partial charge >= 0.3 is 0 Å². The van der Waals surface area contributed by atoms with Gasteiger partial charge in [0.25, 0.3) is 0 Å². The van der Waals surface area contributed by atoms with E-state index in [4.69, 9.17) is 0 Å². The van der Waals surface area contributed by atoms with Crippen LogP contribution in [-0.4, -0.2) is 12.8 Å². The zero-order chi connectivity index (χ0) is 9.28. The summed E-state index contributed by atoms with van der Waals surface area (Å²) in [5.41, 5.74) is 1.38. The van der Waals surface area contributed by atoms with Gasteiger partial charge in [-0.2, -0.15) is 0 Å². The molecule has 0 aromatic heterocycles. The van der Waals surface area contributed by atoms with E-state index in [0.29, 0.717) is 0 Å². The quantitative estimate of drug-likeness (QED) is 0.437. The Kier molecular flexibility index (Phi) is 11.1. The van der Waals surface area contributed by atoms with Gasteiger partial charge in [0, 0.05) is 0 Å². The molecule has 0 amide bonds. The molecule has 0 radical (unpaired) electrons. The first kappa shape index (κ1) is 13.0. The van der Waals surface area contributed by atoms with Crippen molar-refractivity contribution in [1.82, 2.24) is 0 Å². The van der Waals surface area contributed by atoms with Crippen molar-refractivity contribution in [2.24, 2.45) is 4.99 Å². The van der Waals surface area contributed by atoms with E-state index in [2.05, 4.69) is 31.6 Å². The molecule has 0 aromatic carbocycles. The maximum atomic E-state index is 3.85. The highest BCUT2D eigenvalue weighted by molar-refractivity contribution is 5.25. The third-order valence-corrected chi connectivity index (χ3v) is 1.37. The largest absolute Gasteiger partial charge is 0.294 e. The molecule has 0 heterocycles. The molecule has 0 spiro atoms. The summed E-state index contributed by atoms with van der Waals surface area (Å²) in [6, 6.07) is 0.282. The SMILES string of the molecule is C=NC(C)/C=C(\C)CC.CC. The monoisotopic (exact) mass is 155 g/mol.